The summed E-state index contributed by atoms with van der Waals surface area (Å²) < 4.78 is 6.63. The standard InChI is InChI=1S/C12H10N4O2/c1-8-13-11-5-4-9(7-16(11)15-8)14-12(17)10-3-2-6-18-10/h2-7H,1H3,(H,14,17). The third-order valence-corrected chi connectivity index (χ3v) is 2.44. The van der Waals surface area contributed by atoms with Crippen LogP contribution in [-0.4, -0.2) is 20.5 Å². The first-order valence-corrected chi connectivity index (χ1v) is 5.40. The number of nitrogens with one attached hydrogen (secondary N) is 1. The molecule has 0 aliphatic carbocycles. The number of amides is 1. The van der Waals surface area contributed by atoms with Gasteiger partial charge in [-0.2, -0.15) is 5.10 Å². The van der Waals surface area contributed by atoms with Gasteiger partial charge in [0.25, 0.3) is 5.91 Å². The Morgan fingerprint density at radius 2 is 2.28 bits per heavy atom. The van der Waals surface area contributed by atoms with Crippen molar-refractivity contribution in [3.05, 3.63) is 48.3 Å². The number of fused-ring (bicyclic) bond motifs is 1. The van der Waals surface area contributed by atoms with Crippen LogP contribution in [0.1, 0.15) is 16.4 Å². The van der Waals surface area contributed by atoms with Gasteiger partial charge in [-0.3, -0.25) is 4.79 Å². The average molecular weight is 242 g/mol. The fraction of sp³-hybridized carbons (Fsp3) is 0.0833. The zero-order valence-electron chi connectivity index (χ0n) is 9.62. The van der Waals surface area contributed by atoms with E-state index in [1.165, 1.54) is 6.26 Å². The van der Waals surface area contributed by atoms with Gasteiger partial charge in [-0.15, -0.1) is 0 Å². The summed E-state index contributed by atoms with van der Waals surface area (Å²) in [5.74, 6) is 0.658. The van der Waals surface area contributed by atoms with E-state index in [4.69, 9.17) is 4.42 Å². The van der Waals surface area contributed by atoms with Gasteiger partial charge < -0.3 is 9.73 Å². The second-order valence-electron chi connectivity index (χ2n) is 3.81. The predicted octanol–water partition coefficient (Wildman–Crippen LogP) is 1.88. The van der Waals surface area contributed by atoms with Crippen molar-refractivity contribution >= 4 is 17.2 Å². The summed E-state index contributed by atoms with van der Waals surface area (Å²) in [6.07, 6.45) is 3.16. The van der Waals surface area contributed by atoms with Gasteiger partial charge in [-0.05, 0) is 31.2 Å². The van der Waals surface area contributed by atoms with E-state index in [2.05, 4.69) is 15.4 Å². The monoisotopic (exact) mass is 242 g/mol. The van der Waals surface area contributed by atoms with E-state index in [9.17, 15) is 4.79 Å². The van der Waals surface area contributed by atoms with Gasteiger partial charge in [0.15, 0.2) is 11.4 Å². The Hall–Kier alpha value is -2.63. The average Bonchev–Trinajstić information content (AvgIpc) is 2.95. The third kappa shape index (κ3) is 1.84. The number of pyridine rings is 1. The Kier molecular flexibility index (Phi) is 2.33. The van der Waals surface area contributed by atoms with E-state index in [-0.39, 0.29) is 11.7 Å². The third-order valence-electron chi connectivity index (χ3n) is 2.44. The lowest BCUT2D eigenvalue weighted by molar-refractivity contribution is 0.0996. The van der Waals surface area contributed by atoms with Crippen LogP contribution < -0.4 is 5.32 Å². The molecule has 0 spiro atoms. The number of furan rings is 1. The van der Waals surface area contributed by atoms with Crippen LogP contribution in [0.25, 0.3) is 5.65 Å². The van der Waals surface area contributed by atoms with Crippen LogP contribution in [0.3, 0.4) is 0 Å². The van der Waals surface area contributed by atoms with Crippen molar-refractivity contribution in [3.8, 4) is 0 Å². The van der Waals surface area contributed by atoms with Crippen molar-refractivity contribution < 1.29 is 9.21 Å². The van der Waals surface area contributed by atoms with Gasteiger partial charge in [0.2, 0.25) is 0 Å². The summed E-state index contributed by atoms with van der Waals surface area (Å²) >= 11 is 0. The van der Waals surface area contributed by atoms with Crippen LogP contribution >= 0.6 is 0 Å². The maximum atomic E-state index is 11.8. The van der Waals surface area contributed by atoms with Gasteiger partial charge in [-0.25, -0.2) is 9.50 Å². The van der Waals surface area contributed by atoms with Gasteiger partial charge in [-0.1, -0.05) is 0 Å². The molecule has 3 rings (SSSR count). The molecular weight excluding hydrogens is 232 g/mol. The van der Waals surface area contributed by atoms with E-state index in [1.54, 1.807) is 35.0 Å². The lowest BCUT2D eigenvalue weighted by Gasteiger charge is -2.02. The molecule has 3 aromatic heterocycles. The van der Waals surface area contributed by atoms with E-state index in [1.807, 2.05) is 6.92 Å². The second-order valence-corrected chi connectivity index (χ2v) is 3.81. The minimum atomic E-state index is -0.295. The number of rotatable bonds is 2. The lowest BCUT2D eigenvalue weighted by Crippen LogP contribution is -2.11. The van der Waals surface area contributed by atoms with Crippen LogP contribution in [0, 0.1) is 6.92 Å². The van der Waals surface area contributed by atoms with Gasteiger partial charge in [0, 0.05) is 0 Å². The molecule has 0 aromatic carbocycles. The highest BCUT2D eigenvalue weighted by Gasteiger charge is 2.09. The minimum absolute atomic E-state index is 0.268. The number of hydrogen-bond donors (Lipinski definition) is 1. The zero-order valence-corrected chi connectivity index (χ0v) is 9.62. The first-order chi connectivity index (χ1) is 8.72. The first-order valence-electron chi connectivity index (χ1n) is 5.40. The van der Waals surface area contributed by atoms with Crippen LogP contribution in [0.5, 0.6) is 0 Å². The smallest absolute Gasteiger partial charge is 0.291 e. The fourth-order valence-electron chi connectivity index (χ4n) is 1.67. The van der Waals surface area contributed by atoms with Crippen molar-refractivity contribution in [3.63, 3.8) is 0 Å². The van der Waals surface area contributed by atoms with Crippen molar-refractivity contribution in [2.75, 3.05) is 5.32 Å². The molecule has 0 fully saturated rings. The highest BCUT2D eigenvalue weighted by Crippen LogP contribution is 2.11. The van der Waals surface area contributed by atoms with Gasteiger partial charge in [0.1, 0.15) is 5.82 Å². The van der Waals surface area contributed by atoms with Crippen molar-refractivity contribution in [1.29, 1.82) is 0 Å². The van der Waals surface area contributed by atoms with Crippen molar-refractivity contribution in [2.24, 2.45) is 0 Å². The Morgan fingerprint density at radius 3 is 3.06 bits per heavy atom. The van der Waals surface area contributed by atoms with Gasteiger partial charge in [0.05, 0.1) is 18.1 Å². The molecule has 90 valence electrons. The summed E-state index contributed by atoms with van der Waals surface area (Å²) in [5, 5.41) is 6.90. The molecule has 3 heterocycles. The maximum absolute atomic E-state index is 11.8. The summed E-state index contributed by atoms with van der Waals surface area (Å²) in [4.78, 5) is 16.0. The van der Waals surface area contributed by atoms with E-state index in [0.29, 0.717) is 11.5 Å². The first kappa shape index (κ1) is 10.5. The second kappa shape index (κ2) is 3.99. The summed E-state index contributed by atoms with van der Waals surface area (Å²) in [6, 6.07) is 6.83. The SMILES string of the molecule is Cc1nc2ccc(NC(=O)c3ccco3)cn2n1. The van der Waals surface area contributed by atoms with Gasteiger partial charge >= 0.3 is 0 Å². The molecule has 18 heavy (non-hydrogen) atoms. The summed E-state index contributed by atoms with van der Waals surface area (Å²) in [7, 11) is 0. The molecule has 0 atom stereocenters. The number of anilines is 1. The molecule has 1 N–H and O–H groups in total. The fourth-order valence-corrected chi connectivity index (χ4v) is 1.67. The molecule has 0 saturated heterocycles. The molecule has 6 heteroatoms. The number of aromatic nitrogens is 3. The number of carbonyl (C=O) groups excluding carboxylic acids is 1. The minimum Gasteiger partial charge on any atom is -0.459 e. The normalized spacial score (nSPS) is 10.7. The zero-order chi connectivity index (χ0) is 12.5. The quantitative estimate of drug-likeness (QED) is 0.744. The molecule has 0 aliphatic rings. The van der Waals surface area contributed by atoms with Crippen LogP contribution in [0.2, 0.25) is 0 Å². The Balaban J connectivity index is 1.88. The lowest BCUT2D eigenvalue weighted by atomic mass is 10.3. The number of nitrogens with zero attached hydrogens (tertiary/aromatic N) is 3. The molecule has 0 saturated carbocycles. The Labute approximate surface area is 102 Å². The summed E-state index contributed by atoms with van der Waals surface area (Å²) in [5.41, 5.74) is 1.37. The maximum Gasteiger partial charge on any atom is 0.291 e. The Bertz CT molecular complexity index is 700. The van der Waals surface area contributed by atoms with E-state index >= 15 is 0 Å². The molecule has 1 amide bonds. The van der Waals surface area contributed by atoms with E-state index < -0.39 is 0 Å². The topological polar surface area (TPSA) is 72.4 Å². The molecular formula is C12H10N4O2. The molecule has 0 unspecified atom stereocenters. The molecule has 6 nitrogen and oxygen atoms in total. The number of hydrogen-bond acceptors (Lipinski definition) is 4. The number of carbonyl (C=O) groups is 1. The van der Waals surface area contributed by atoms with Crippen LogP contribution in [0.15, 0.2) is 41.1 Å². The van der Waals surface area contributed by atoms with Crippen molar-refractivity contribution in [1.82, 2.24) is 14.6 Å². The molecule has 0 radical (unpaired) electrons. The predicted molar refractivity (Wildman–Crippen MR) is 64.4 cm³/mol. The number of aryl methyl sites for hydroxylation is 1. The summed E-state index contributed by atoms with van der Waals surface area (Å²) in [6.45, 7) is 1.81. The molecule has 0 bridgehead atoms. The Morgan fingerprint density at radius 1 is 1.39 bits per heavy atom. The van der Waals surface area contributed by atoms with E-state index in [0.717, 1.165) is 5.65 Å². The molecule has 0 aliphatic heterocycles. The van der Waals surface area contributed by atoms with Crippen LogP contribution in [-0.2, 0) is 0 Å². The molecule has 3 aromatic rings. The highest BCUT2D eigenvalue weighted by atomic mass is 16.3. The van der Waals surface area contributed by atoms with Crippen LogP contribution in [0.4, 0.5) is 5.69 Å². The highest BCUT2D eigenvalue weighted by molar-refractivity contribution is 6.02. The van der Waals surface area contributed by atoms with Crippen molar-refractivity contribution in [2.45, 2.75) is 6.92 Å². The largest absolute Gasteiger partial charge is 0.459 e.